The summed E-state index contributed by atoms with van der Waals surface area (Å²) >= 11 is 6.20. The molecule has 2 aliphatic heterocycles. The number of β-lactam (4-membered cyclic amide) rings is 1. The molecular formula is C29H22ClN5O4. The van der Waals surface area contributed by atoms with Gasteiger partial charge in [0.2, 0.25) is 5.88 Å². The molecule has 194 valence electrons. The average Bonchev–Trinajstić information content (AvgIpc) is 3.48. The Balaban J connectivity index is 1.22. The van der Waals surface area contributed by atoms with Crippen LogP contribution in [0.25, 0.3) is 17.3 Å². The zero-order chi connectivity index (χ0) is 27.3. The largest absolute Gasteiger partial charge is 0.508 e. The van der Waals surface area contributed by atoms with Gasteiger partial charge in [-0.1, -0.05) is 36.4 Å². The molecule has 2 aliphatic rings. The van der Waals surface area contributed by atoms with Gasteiger partial charge in [0.25, 0.3) is 11.8 Å². The van der Waals surface area contributed by atoms with E-state index in [1.807, 2.05) is 24.3 Å². The molecule has 6 rings (SSSR count). The Morgan fingerprint density at radius 1 is 1.03 bits per heavy atom. The number of allylic oxidation sites excluding steroid dienone is 1. The molecule has 3 N–H and O–H groups in total. The molecule has 3 aromatic carbocycles. The van der Waals surface area contributed by atoms with Gasteiger partial charge in [0, 0.05) is 28.5 Å². The van der Waals surface area contributed by atoms with Gasteiger partial charge in [-0.15, -0.1) is 11.6 Å². The molecule has 2 atom stereocenters. The van der Waals surface area contributed by atoms with Crippen molar-refractivity contribution in [3.63, 3.8) is 0 Å². The van der Waals surface area contributed by atoms with Crippen LogP contribution in [0.3, 0.4) is 0 Å². The van der Waals surface area contributed by atoms with E-state index in [-0.39, 0.29) is 11.6 Å². The lowest BCUT2D eigenvalue weighted by Crippen LogP contribution is -2.63. The molecule has 0 saturated carbocycles. The van der Waals surface area contributed by atoms with Crippen molar-refractivity contribution in [3.05, 3.63) is 101 Å². The Hall–Kier alpha value is -4.89. The quantitative estimate of drug-likeness (QED) is 0.251. The molecule has 10 heteroatoms. The molecule has 0 radical (unpaired) electrons. The van der Waals surface area contributed by atoms with Gasteiger partial charge in [0.05, 0.1) is 11.4 Å². The molecule has 1 fully saturated rings. The molecule has 0 spiro atoms. The fourth-order valence-electron chi connectivity index (χ4n) is 4.80. The number of aromatic nitrogens is 2. The van der Waals surface area contributed by atoms with E-state index in [0.29, 0.717) is 28.3 Å². The summed E-state index contributed by atoms with van der Waals surface area (Å²) in [6, 6.07) is 20.1. The first-order valence-electron chi connectivity index (χ1n) is 12.1. The highest BCUT2D eigenvalue weighted by atomic mass is 35.5. The summed E-state index contributed by atoms with van der Waals surface area (Å²) in [5.41, 5.74) is 6.99. The zero-order valence-corrected chi connectivity index (χ0v) is 21.4. The Bertz CT molecular complexity index is 1690. The number of aromatic hydroxyl groups is 2. The number of hydrogen-bond acceptors (Lipinski definition) is 6. The highest BCUT2D eigenvalue weighted by Gasteiger charge is 2.49. The number of hydrazine groups is 1. The fourth-order valence-corrected chi connectivity index (χ4v) is 5.15. The number of fused-ring (bicyclic) bond motifs is 1. The smallest absolute Gasteiger partial charge is 0.269 e. The standard InChI is InChI=1S/C29H22ClN5O4/c1-16-32-23(14-18-15-31-22-8-4-2-6-20(18)22)28(38)34(16)19-12-10-17(11-13-19)27(37)33-35-26(25(30)29(35)39)21-7-3-5-9-24(21)36/h2-15,25-26,36,38H,1H3,(H,33,37)/b18-14+. The third kappa shape index (κ3) is 4.13. The minimum Gasteiger partial charge on any atom is -0.508 e. The van der Waals surface area contributed by atoms with Gasteiger partial charge < -0.3 is 10.2 Å². The fraction of sp³-hybridized carbons (Fsp3) is 0.103. The summed E-state index contributed by atoms with van der Waals surface area (Å²) in [5.74, 6) is -0.482. The molecule has 3 heterocycles. The van der Waals surface area contributed by atoms with Crippen LogP contribution in [0.4, 0.5) is 5.69 Å². The van der Waals surface area contributed by atoms with E-state index in [0.717, 1.165) is 21.8 Å². The number of amides is 2. The summed E-state index contributed by atoms with van der Waals surface area (Å²) in [7, 11) is 0. The third-order valence-electron chi connectivity index (χ3n) is 6.79. The lowest BCUT2D eigenvalue weighted by molar-refractivity contribution is -0.149. The second kappa shape index (κ2) is 9.45. The summed E-state index contributed by atoms with van der Waals surface area (Å²) in [6.07, 6.45) is 3.52. The van der Waals surface area contributed by atoms with Crippen molar-refractivity contribution in [1.82, 2.24) is 20.0 Å². The van der Waals surface area contributed by atoms with Crippen LogP contribution in [0.15, 0.2) is 77.8 Å². The number of halogens is 1. The molecule has 0 aliphatic carbocycles. The van der Waals surface area contributed by atoms with Crippen molar-refractivity contribution >= 4 is 47.0 Å². The number of benzene rings is 3. The number of para-hydroxylation sites is 2. The Labute approximate surface area is 228 Å². The summed E-state index contributed by atoms with van der Waals surface area (Å²) in [5, 5.41) is 21.4. The Kier molecular flexibility index (Phi) is 5.92. The number of phenols is 1. The van der Waals surface area contributed by atoms with E-state index in [1.54, 1.807) is 66.2 Å². The number of hydrogen-bond donors (Lipinski definition) is 3. The first-order valence-corrected chi connectivity index (χ1v) is 12.6. The average molecular weight is 540 g/mol. The molecule has 39 heavy (non-hydrogen) atoms. The Morgan fingerprint density at radius 3 is 2.51 bits per heavy atom. The number of aliphatic imine (C=N–C) groups is 1. The highest BCUT2D eigenvalue weighted by Crippen LogP contribution is 2.41. The number of carbonyl (C=O) groups excluding carboxylic acids is 2. The van der Waals surface area contributed by atoms with Gasteiger partial charge in [-0.25, -0.2) is 9.99 Å². The number of carbonyl (C=O) groups is 2. The zero-order valence-electron chi connectivity index (χ0n) is 20.6. The molecule has 2 amide bonds. The van der Waals surface area contributed by atoms with E-state index >= 15 is 0 Å². The molecule has 9 nitrogen and oxygen atoms in total. The predicted octanol–water partition coefficient (Wildman–Crippen LogP) is 4.68. The van der Waals surface area contributed by atoms with Gasteiger partial charge in [0.1, 0.15) is 28.7 Å². The van der Waals surface area contributed by atoms with Crippen molar-refractivity contribution in [1.29, 1.82) is 0 Å². The van der Waals surface area contributed by atoms with Crippen LogP contribution in [0.2, 0.25) is 0 Å². The molecule has 1 aromatic heterocycles. The number of imidazole rings is 1. The highest BCUT2D eigenvalue weighted by molar-refractivity contribution is 6.33. The molecule has 4 aromatic rings. The van der Waals surface area contributed by atoms with E-state index in [1.165, 1.54) is 6.07 Å². The first-order chi connectivity index (χ1) is 18.8. The lowest BCUT2D eigenvalue weighted by atomic mass is 9.94. The maximum atomic E-state index is 12.9. The third-order valence-corrected chi connectivity index (χ3v) is 7.22. The first kappa shape index (κ1) is 24.4. The number of alkyl halides is 1. The number of aryl methyl sites for hydroxylation is 1. The second-order valence-corrected chi connectivity index (χ2v) is 9.65. The van der Waals surface area contributed by atoms with Crippen LogP contribution < -0.4 is 5.43 Å². The number of nitrogens with zero attached hydrogens (tertiary/aromatic N) is 4. The van der Waals surface area contributed by atoms with Gasteiger partial charge in [-0.3, -0.25) is 24.6 Å². The minimum absolute atomic E-state index is 0.0146. The van der Waals surface area contributed by atoms with Crippen LogP contribution in [0.1, 0.15) is 39.0 Å². The maximum absolute atomic E-state index is 12.9. The monoisotopic (exact) mass is 539 g/mol. The van der Waals surface area contributed by atoms with Crippen molar-refractivity contribution < 1.29 is 19.8 Å². The predicted molar refractivity (Wildman–Crippen MR) is 147 cm³/mol. The maximum Gasteiger partial charge on any atom is 0.269 e. The number of nitrogens with one attached hydrogen (secondary N) is 1. The molecule has 1 saturated heterocycles. The van der Waals surface area contributed by atoms with Crippen molar-refractivity contribution in [3.8, 4) is 17.3 Å². The summed E-state index contributed by atoms with van der Waals surface area (Å²) < 4.78 is 1.58. The Morgan fingerprint density at radius 2 is 1.74 bits per heavy atom. The van der Waals surface area contributed by atoms with Gasteiger partial charge in [-0.2, -0.15) is 0 Å². The van der Waals surface area contributed by atoms with Crippen LogP contribution in [-0.4, -0.2) is 48.2 Å². The molecule has 2 unspecified atom stereocenters. The van der Waals surface area contributed by atoms with E-state index in [9.17, 15) is 19.8 Å². The minimum atomic E-state index is -0.902. The topological polar surface area (TPSA) is 120 Å². The molecular weight excluding hydrogens is 518 g/mol. The number of phenolic OH excluding ortho intramolecular Hbond substituents is 1. The normalized spacial score (nSPS) is 18.8. The van der Waals surface area contributed by atoms with Crippen LogP contribution in [-0.2, 0) is 4.79 Å². The van der Waals surface area contributed by atoms with Crippen LogP contribution in [0.5, 0.6) is 11.6 Å². The summed E-state index contributed by atoms with van der Waals surface area (Å²) in [4.78, 5) is 34.2. The van der Waals surface area contributed by atoms with E-state index in [2.05, 4.69) is 15.4 Å². The van der Waals surface area contributed by atoms with Gasteiger partial charge in [-0.05, 0) is 49.4 Å². The van der Waals surface area contributed by atoms with Crippen LogP contribution in [0, 0.1) is 6.92 Å². The van der Waals surface area contributed by atoms with Crippen molar-refractivity contribution in [2.75, 3.05) is 0 Å². The van der Waals surface area contributed by atoms with E-state index < -0.39 is 23.2 Å². The summed E-state index contributed by atoms with van der Waals surface area (Å²) in [6.45, 7) is 1.77. The number of rotatable bonds is 5. The van der Waals surface area contributed by atoms with Crippen molar-refractivity contribution in [2.24, 2.45) is 4.99 Å². The van der Waals surface area contributed by atoms with Gasteiger partial charge >= 0.3 is 0 Å². The van der Waals surface area contributed by atoms with Crippen LogP contribution >= 0.6 is 11.6 Å². The van der Waals surface area contributed by atoms with Crippen molar-refractivity contribution in [2.45, 2.75) is 18.3 Å². The molecule has 0 bridgehead atoms. The van der Waals surface area contributed by atoms with E-state index in [4.69, 9.17) is 11.6 Å². The van der Waals surface area contributed by atoms with Gasteiger partial charge in [0.15, 0.2) is 0 Å². The second-order valence-electron chi connectivity index (χ2n) is 9.18. The SMILES string of the molecule is Cc1nc(/C=C2\C=Nc3ccccc32)c(O)n1-c1ccc(C(=O)NN2C(=O)C(Cl)C2c2ccccc2O)cc1. The lowest BCUT2D eigenvalue weighted by Gasteiger charge is -2.44.